The molecule has 0 bridgehead atoms. The van der Waals surface area contributed by atoms with E-state index in [1.807, 2.05) is 0 Å². The lowest BCUT2D eigenvalue weighted by molar-refractivity contribution is 1.22. The minimum atomic E-state index is 0.963. The molecule has 0 saturated carbocycles. The van der Waals surface area contributed by atoms with Crippen LogP contribution in [0.3, 0.4) is 0 Å². The van der Waals surface area contributed by atoms with Crippen LogP contribution >= 0.6 is 11.3 Å². The number of allylic oxidation sites excluding steroid dienone is 2. The zero-order valence-electron chi connectivity index (χ0n) is 7.00. The Bertz CT molecular complexity index is 358. The average Bonchev–Trinajstić information content (AvgIpc) is 2.46. The van der Waals surface area contributed by atoms with Gasteiger partial charge in [-0.1, -0.05) is 12.2 Å². The smallest absolute Gasteiger partial charge is 0.0571 e. The van der Waals surface area contributed by atoms with Gasteiger partial charge in [-0.05, 0) is 35.9 Å². The lowest BCUT2D eigenvalue weighted by atomic mass is 10.1. The molecule has 0 saturated heterocycles. The molecular formula is C10H11NS. The van der Waals surface area contributed by atoms with E-state index in [9.17, 15) is 0 Å². The van der Waals surface area contributed by atoms with Crippen molar-refractivity contribution in [3.63, 3.8) is 0 Å². The van der Waals surface area contributed by atoms with E-state index in [-0.39, 0.29) is 0 Å². The first kappa shape index (κ1) is 7.62. The molecule has 2 rings (SSSR count). The summed E-state index contributed by atoms with van der Waals surface area (Å²) < 4.78 is 0. The average molecular weight is 177 g/mol. The maximum absolute atomic E-state index is 5.98. The second kappa shape index (κ2) is 2.79. The fourth-order valence-corrected chi connectivity index (χ4v) is 2.26. The van der Waals surface area contributed by atoms with Gasteiger partial charge in [0.15, 0.2) is 0 Å². The third kappa shape index (κ3) is 1.08. The summed E-state index contributed by atoms with van der Waals surface area (Å²) in [6.07, 6.45) is 5.29. The van der Waals surface area contributed by atoms with E-state index in [0.717, 1.165) is 12.1 Å². The molecule has 0 aliphatic heterocycles. The van der Waals surface area contributed by atoms with E-state index in [1.54, 1.807) is 11.3 Å². The zero-order chi connectivity index (χ0) is 8.55. The molecule has 0 unspecified atom stereocenters. The molecule has 1 aromatic rings. The number of fused-ring (bicyclic) bond motifs is 1. The molecule has 0 aromatic carbocycles. The molecule has 1 aliphatic rings. The summed E-state index contributed by atoms with van der Waals surface area (Å²) in [7, 11) is 0. The maximum atomic E-state index is 5.98. The lowest BCUT2D eigenvalue weighted by Gasteiger charge is -2.01. The van der Waals surface area contributed by atoms with Gasteiger partial charge in [0.1, 0.15) is 0 Å². The Hall–Kier alpha value is -1.02. The van der Waals surface area contributed by atoms with Crippen LogP contribution in [-0.2, 0) is 0 Å². The van der Waals surface area contributed by atoms with Crippen molar-refractivity contribution < 1.29 is 0 Å². The monoisotopic (exact) mass is 177 g/mol. The van der Waals surface area contributed by atoms with Crippen LogP contribution in [0.4, 0.5) is 0 Å². The highest BCUT2D eigenvalue weighted by Gasteiger charge is 2.09. The summed E-state index contributed by atoms with van der Waals surface area (Å²) >= 11 is 1.72. The minimum Gasteiger partial charge on any atom is -0.398 e. The molecule has 0 radical (unpaired) electrons. The summed E-state index contributed by atoms with van der Waals surface area (Å²) in [5.41, 5.74) is 9.48. The number of hydrogen-bond acceptors (Lipinski definition) is 2. The van der Waals surface area contributed by atoms with Gasteiger partial charge < -0.3 is 5.73 Å². The van der Waals surface area contributed by atoms with Crippen LogP contribution in [0.5, 0.6) is 0 Å². The minimum absolute atomic E-state index is 0.963. The summed E-state index contributed by atoms with van der Waals surface area (Å²) in [5.74, 6) is 0. The van der Waals surface area contributed by atoms with E-state index in [1.165, 1.54) is 16.0 Å². The van der Waals surface area contributed by atoms with Crippen LogP contribution < -0.4 is 5.73 Å². The SMILES string of the molecule is CC1=C(N)c2sccc2C=CC1. The van der Waals surface area contributed by atoms with E-state index < -0.39 is 0 Å². The second-order valence-corrected chi connectivity index (χ2v) is 3.92. The Morgan fingerprint density at radius 2 is 2.33 bits per heavy atom. The molecular weight excluding hydrogens is 166 g/mol. The summed E-state index contributed by atoms with van der Waals surface area (Å²) in [4.78, 5) is 1.22. The third-order valence-corrected chi connectivity index (χ3v) is 3.09. The highest BCUT2D eigenvalue weighted by Crippen LogP contribution is 2.29. The van der Waals surface area contributed by atoms with Crippen LogP contribution in [0.25, 0.3) is 11.8 Å². The second-order valence-electron chi connectivity index (χ2n) is 3.01. The van der Waals surface area contributed by atoms with Crippen molar-refractivity contribution in [2.24, 2.45) is 5.73 Å². The first-order valence-electron chi connectivity index (χ1n) is 3.98. The number of rotatable bonds is 0. The predicted octanol–water partition coefficient (Wildman–Crippen LogP) is 2.85. The first-order valence-corrected chi connectivity index (χ1v) is 4.86. The first-order chi connectivity index (χ1) is 5.79. The van der Waals surface area contributed by atoms with E-state index in [0.29, 0.717) is 0 Å². The van der Waals surface area contributed by atoms with Crippen molar-refractivity contribution in [1.29, 1.82) is 0 Å². The van der Waals surface area contributed by atoms with Gasteiger partial charge in [-0.25, -0.2) is 0 Å². The van der Waals surface area contributed by atoms with Crippen molar-refractivity contribution in [3.05, 3.63) is 33.5 Å². The van der Waals surface area contributed by atoms with Crippen molar-refractivity contribution in [2.45, 2.75) is 13.3 Å². The van der Waals surface area contributed by atoms with Crippen LogP contribution in [-0.4, -0.2) is 0 Å². The van der Waals surface area contributed by atoms with Gasteiger partial charge in [-0.3, -0.25) is 0 Å². The molecule has 1 nitrogen and oxygen atoms in total. The summed E-state index contributed by atoms with van der Waals surface area (Å²) in [6, 6.07) is 2.11. The fraction of sp³-hybridized carbons (Fsp3) is 0.200. The van der Waals surface area contributed by atoms with Crippen LogP contribution in [0.2, 0.25) is 0 Å². The molecule has 0 spiro atoms. The Morgan fingerprint density at radius 3 is 3.17 bits per heavy atom. The normalized spacial score (nSPS) is 16.1. The van der Waals surface area contributed by atoms with Gasteiger partial charge in [-0.2, -0.15) is 0 Å². The van der Waals surface area contributed by atoms with Crippen LogP contribution in [0.15, 0.2) is 23.1 Å². The van der Waals surface area contributed by atoms with Gasteiger partial charge in [0, 0.05) is 5.70 Å². The van der Waals surface area contributed by atoms with Crippen LogP contribution in [0, 0.1) is 0 Å². The number of thiophene rings is 1. The van der Waals surface area contributed by atoms with Gasteiger partial charge >= 0.3 is 0 Å². The van der Waals surface area contributed by atoms with Crippen molar-refractivity contribution >= 4 is 23.1 Å². The molecule has 62 valence electrons. The Balaban J connectivity index is 2.63. The molecule has 2 N–H and O–H groups in total. The highest BCUT2D eigenvalue weighted by atomic mass is 32.1. The molecule has 0 fully saturated rings. The molecule has 12 heavy (non-hydrogen) atoms. The Labute approximate surface area is 76.2 Å². The fourth-order valence-electron chi connectivity index (χ4n) is 1.34. The Morgan fingerprint density at radius 1 is 1.50 bits per heavy atom. The molecule has 1 aromatic heterocycles. The van der Waals surface area contributed by atoms with E-state index >= 15 is 0 Å². The maximum Gasteiger partial charge on any atom is 0.0571 e. The molecule has 1 aliphatic carbocycles. The van der Waals surface area contributed by atoms with Gasteiger partial charge in [0.25, 0.3) is 0 Å². The third-order valence-electron chi connectivity index (χ3n) is 2.12. The molecule has 0 amide bonds. The number of nitrogens with two attached hydrogens (primary N) is 1. The van der Waals surface area contributed by atoms with Gasteiger partial charge in [0.05, 0.1) is 4.88 Å². The zero-order valence-corrected chi connectivity index (χ0v) is 7.82. The van der Waals surface area contributed by atoms with Crippen molar-refractivity contribution in [1.82, 2.24) is 0 Å². The van der Waals surface area contributed by atoms with Gasteiger partial charge in [0.2, 0.25) is 0 Å². The molecule has 1 heterocycles. The highest BCUT2D eigenvalue weighted by molar-refractivity contribution is 7.11. The van der Waals surface area contributed by atoms with Crippen molar-refractivity contribution in [2.75, 3.05) is 0 Å². The number of hydrogen-bond donors (Lipinski definition) is 1. The van der Waals surface area contributed by atoms with Crippen molar-refractivity contribution in [3.8, 4) is 0 Å². The summed E-state index contributed by atoms with van der Waals surface area (Å²) in [5, 5.41) is 2.08. The van der Waals surface area contributed by atoms with E-state index in [2.05, 4.69) is 30.5 Å². The predicted molar refractivity (Wildman–Crippen MR) is 54.8 cm³/mol. The quantitative estimate of drug-likeness (QED) is 0.648. The lowest BCUT2D eigenvalue weighted by Crippen LogP contribution is -1.97. The van der Waals surface area contributed by atoms with Gasteiger partial charge in [-0.15, -0.1) is 11.3 Å². The standard InChI is InChI=1S/C10H11NS/c1-7-3-2-4-8-5-6-12-10(8)9(7)11/h2,4-6H,3,11H2,1H3. The largest absolute Gasteiger partial charge is 0.398 e. The Kier molecular flexibility index (Phi) is 1.77. The summed E-state index contributed by atoms with van der Waals surface area (Å²) in [6.45, 7) is 2.09. The topological polar surface area (TPSA) is 26.0 Å². The molecule has 0 atom stereocenters. The van der Waals surface area contributed by atoms with E-state index in [4.69, 9.17) is 5.73 Å². The molecule has 2 heteroatoms. The van der Waals surface area contributed by atoms with Crippen LogP contribution in [0.1, 0.15) is 23.8 Å².